The van der Waals surface area contributed by atoms with Crippen molar-refractivity contribution < 1.29 is 4.39 Å². The third-order valence-electron chi connectivity index (χ3n) is 3.82. The van der Waals surface area contributed by atoms with Crippen molar-refractivity contribution in [2.24, 2.45) is 11.1 Å². The van der Waals surface area contributed by atoms with Crippen LogP contribution in [-0.2, 0) is 6.42 Å². The van der Waals surface area contributed by atoms with Crippen LogP contribution in [0.4, 0.5) is 4.39 Å². The number of hydrogen-bond donors (Lipinski definition) is 1. The second-order valence-electron chi connectivity index (χ2n) is 5.07. The average Bonchev–Trinajstić information content (AvgIpc) is 2.39. The maximum absolute atomic E-state index is 13.3. The Kier molecular flexibility index (Phi) is 6.10. The highest BCUT2D eigenvalue weighted by Crippen LogP contribution is 2.34. The normalized spacial score (nSPS) is 14.5. The lowest BCUT2D eigenvalue weighted by atomic mass is 9.75. The highest BCUT2D eigenvalue weighted by molar-refractivity contribution is 6.31. The first-order valence-corrected chi connectivity index (χ1v) is 7.08. The minimum atomic E-state index is -0.230. The van der Waals surface area contributed by atoms with Gasteiger partial charge in [0.05, 0.1) is 0 Å². The van der Waals surface area contributed by atoms with E-state index in [0.717, 1.165) is 37.7 Å². The van der Waals surface area contributed by atoms with E-state index in [4.69, 9.17) is 17.3 Å². The molecule has 0 bridgehead atoms. The minimum absolute atomic E-state index is 0.0491. The van der Waals surface area contributed by atoms with Crippen LogP contribution in [0.25, 0.3) is 0 Å². The van der Waals surface area contributed by atoms with Gasteiger partial charge in [0.15, 0.2) is 0 Å². The number of nitrogens with two attached hydrogens (primary N) is 1. The van der Waals surface area contributed by atoms with Crippen LogP contribution in [0.1, 0.15) is 45.1 Å². The van der Waals surface area contributed by atoms with Crippen LogP contribution < -0.4 is 5.73 Å². The summed E-state index contributed by atoms with van der Waals surface area (Å²) >= 11 is 6.14. The fourth-order valence-electron chi connectivity index (χ4n) is 2.34. The number of hydrogen-bond acceptors (Lipinski definition) is 1. The molecule has 0 aliphatic heterocycles. The van der Waals surface area contributed by atoms with E-state index in [1.54, 1.807) is 6.07 Å². The van der Waals surface area contributed by atoms with Gasteiger partial charge in [0.2, 0.25) is 0 Å². The van der Waals surface area contributed by atoms with Crippen molar-refractivity contribution in [1.29, 1.82) is 0 Å². The van der Waals surface area contributed by atoms with Crippen LogP contribution in [0, 0.1) is 11.2 Å². The summed E-state index contributed by atoms with van der Waals surface area (Å²) < 4.78 is 13.3. The molecule has 1 unspecified atom stereocenters. The molecule has 3 heteroatoms. The van der Waals surface area contributed by atoms with Crippen molar-refractivity contribution in [2.45, 2.75) is 46.0 Å². The Bertz CT molecular complexity index is 375. The molecule has 1 aromatic carbocycles. The SMILES string of the molecule is CCCCC(CC)(CN)Cc1cc(F)ccc1Cl. The maximum Gasteiger partial charge on any atom is 0.123 e. The van der Waals surface area contributed by atoms with Crippen LogP contribution in [0.3, 0.4) is 0 Å². The van der Waals surface area contributed by atoms with E-state index >= 15 is 0 Å². The number of unbranched alkanes of at least 4 members (excludes halogenated alkanes) is 1. The summed E-state index contributed by atoms with van der Waals surface area (Å²) in [5, 5.41) is 0.638. The zero-order valence-corrected chi connectivity index (χ0v) is 12.1. The molecule has 0 aliphatic carbocycles. The summed E-state index contributed by atoms with van der Waals surface area (Å²) in [5.74, 6) is -0.230. The van der Waals surface area contributed by atoms with Crippen molar-refractivity contribution in [2.75, 3.05) is 6.54 Å². The van der Waals surface area contributed by atoms with E-state index in [0.29, 0.717) is 11.6 Å². The third-order valence-corrected chi connectivity index (χ3v) is 4.19. The fraction of sp³-hybridized carbons (Fsp3) is 0.600. The predicted octanol–water partition coefficient (Wildman–Crippen LogP) is 4.57. The van der Waals surface area contributed by atoms with E-state index in [-0.39, 0.29) is 11.2 Å². The second-order valence-corrected chi connectivity index (χ2v) is 5.48. The standard InChI is InChI=1S/C15H23ClFN/c1-3-5-8-15(4-2,11-18)10-12-9-13(17)6-7-14(12)16/h6-7,9H,3-5,8,10-11,18H2,1-2H3. The molecule has 0 spiro atoms. The quantitative estimate of drug-likeness (QED) is 0.773. The topological polar surface area (TPSA) is 26.0 Å². The molecule has 0 saturated heterocycles. The van der Waals surface area contributed by atoms with Crippen LogP contribution in [0.2, 0.25) is 5.02 Å². The average molecular weight is 272 g/mol. The second kappa shape index (κ2) is 7.10. The van der Waals surface area contributed by atoms with Gasteiger partial charge in [0.1, 0.15) is 5.82 Å². The Labute approximate surface area is 115 Å². The molecule has 102 valence electrons. The third kappa shape index (κ3) is 3.96. The molecule has 2 N–H and O–H groups in total. The van der Waals surface area contributed by atoms with E-state index in [1.807, 2.05) is 0 Å². The Morgan fingerprint density at radius 3 is 2.61 bits per heavy atom. The Morgan fingerprint density at radius 2 is 2.06 bits per heavy atom. The van der Waals surface area contributed by atoms with Gasteiger partial charge in [-0.05, 0) is 55.0 Å². The van der Waals surface area contributed by atoms with Crippen LogP contribution in [0.5, 0.6) is 0 Å². The minimum Gasteiger partial charge on any atom is -0.330 e. The van der Waals surface area contributed by atoms with Crippen molar-refractivity contribution in [1.82, 2.24) is 0 Å². The maximum atomic E-state index is 13.3. The van der Waals surface area contributed by atoms with Crippen molar-refractivity contribution >= 4 is 11.6 Å². The fourth-order valence-corrected chi connectivity index (χ4v) is 2.53. The van der Waals surface area contributed by atoms with Gasteiger partial charge < -0.3 is 5.73 Å². The van der Waals surface area contributed by atoms with Crippen LogP contribution >= 0.6 is 11.6 Å². The van der Waals surface area contributed by atoms with Gasteiger partial charge in [0, 0.05) is 5.02 Å². The van der Waals surface area contributed by atoms with E-state index in [2.05, 4.69) is 13.8 Å². The molecule has 1 aromatic rings. The van der Waals surface area contributed by atoms with Crippen molar-refractivity contribution in [3.63, 3.8) is 0 Å². The summed E-state index contributed by atoms with van der Waals surface area (Å²) in [6.45, 7) is 4.94. The first-order chi connectivity index (χ1) is 8.56. The number of halogens is 2. The first-order valence-electron chi connectivity index (χ1n) is 6.71. The van der Waals surface area contributed by atoms with E-state index < -0.39 is 0 Å². The molecule has 1 nitrogen and oxygen atoms in total. The molecular formula is C15H23ClFN. The molecular weight excluding hydrogens is 249 g/mol. The summed E-state index contributed by atoms with van der Waals surface area (Å²) in [7, 11) is 0. The monoisotopic (exact) mass is 271 g/mol. The summed E-state index contributed by atoms with van der Waals surface area (Å²) in [6, 6.07) is 4.56. The molecule has 1 rings (SSSR count). The first kappa shape index (κ1) is 15.5. The molecule has 0 heterocycles. The lowest BCUT2D eigenvalue weighted by Crippen LogP contribution is -2.32. The highest BCUT2D eigenvalue weighted by Gasteiger charge is 2.27. The molecule has 1 atom stereocenters. The molecule has 0 amide bonds. The van der Waals surface area contributed by atoms with E-state index in [9.17, 15) is 4.39 Å². The van der Waals surface area contributed by atoms with Crippen LogP contribution in [0.15, 0.2) is 18.2 Å². The smallest absolute Gasteiger partial charge is 0.123 e. The molecule has 18 heavy (non-hydrogen) atoms. The molecule has 0 saturated carbocycles. The van der Waals surface area contributed by atoms with E-state index in [1.165, 1.54) is 12.1 Å². The van der Waals surface area contributed by atoms with Gasteiger partial charge in [-0.25, -0.2) is 4.39 Å². The summed E-state index contributed by atoms with van der Waals surface area (Å²) in [4.78, 5) is 0. The summed E-state index contributed by atoms with van der Waals surface area (Å²) in [5.41, 5.74) is 6.88. The highest BCUT2D eigenvalue weighted by atomic mass is 35.5. The molecule has 0 aliphatic rings. The molecule has 0 aromatic heterocycles. The lowest BCUT2D eigenvalue weighted by Gasteiger charge is -2.32. The predicted molar refractivity (Wildman–Crippen MR) is 76.4 cm³/mol. The van der Waals surface area contributed by atoms with Gasteiger partial charge in [-0.1, -0.05) is 38.3 Å². The zero-order chi connectivity index (χ0) is 13.6. The zero-order valence-electron chi connectivity index (χ0n) is 11.3. The number of benzene rings is 1. The van der Waals surface area contributed by atoms with Gasteiger partial charge in [-0.15, -0.1) is 0 Å². The van der Waals surface area contributed by atoms with Gasteiger partial charge in [0.25, 0.3) is 0 Å². The summed E-state index contributed by atoms with van der Waals surface area (Å²) in [6.07, 6.45) is 5.13. The van der Waals surface area contributed by atoms with Crippen molar-refractivity contribution in [3.05, 3.63) is 34.6 Å². The molecule has 0 radical (unpaired) electrons. The van der Waals surface area contributed by atoms with Gasteiger partial charge in [-0.3, -0.25) is 0 Å². The molecule has 0 fully saturated rings. The Hall–Kier alpha value is -0.600. The lowest BCUT2D eigenvalue weighted by molar-refractivity contribution is 0.251. The van der Waals surface area contributed by atoms with Crippen LogP contribution in [-0.4, -0.2) is 6.54 Å². The Morgan fingerprint density at radius 1 is 1.33 bits per heavy atom. The van der Waals surface area contributed by atoms with Gasteiger partial charge >= 0.3 is 0 Å². The largest absolute Gasteiger partial charge is 0.330 e. The van der Waals surface area contributed by atoms with Crippen molar-refractivity contribution in [3.8, 4) is 0 Å². The van der Waals surface area contributed by atoms with Gasteiger partial charge in [-0.2, -0.15) is 0 Å². The number of rotatable bonds is 7. The Balaban J connectivity index is 2.91.